The monoisotopic (exact) mass is 461 g/mol. The van der Waals surface area contributed by atoms with E-state index in [2.05, 4.69) is 27.7 Å². The highest BCUT2D eigenvalue weighted by Gasteiger charge is 2.41. The first kappa shape index (κ1) is 23.7. The molecule has 0 spiro atoms. The summed E-state index contributed by atoms with van der Waals surface area (Å²) in [7, 11) is 1.59. The summed E-state index contributed by atoms with van der Waals surface area (Å²) in [4.78, 5) is 15.2. The number of hydrogen-bond donors (Lipinski definition) is 2. The van der Waals surface area contributed by atoms with Crippen LogP contribution >= 0.6 is 0 Å². The number of benzene rings is 2. The Morgan fingerprint density at radius 3 is 2.52 bits per heavy atom. The molecule has 0 unspecified atom stereocenters. The van der Waals surface area contributed by atoms with Crippen LogP contribution in [0.3, 0.4) is 0 Å². The highest BCUT2D eigenvalue weighted by Crippen LogP contribution is 2.32. The number of nitrogens with one attached hydrogen (secondary N) is 2. The minimum Gasteiger partial charge on any atom is -0.383 e. The Hall–Kier alpha value is -2.42. The van der Waals surface area contributed by atoms with Crippen molar-refractivity contribution >= 4 is 5.91 Å². The van der Waals surface area contributed by atoms with Gasteiger partial charge >= 0.3 is 6.18 Å². The topological polar surface area (TPSA) is 53.6 Å². The number of nitrogens with zero attached hydrogens (tertiary/aromatic N) is 1. The molecule has 33 heavy (non-hydrogen) atoms. The van der Waals surface area contributed by atoms with E-state index in [1.807, 2.05) is 12.1 Å². The minimum atomic E-state index is -4.36. The van der Waals surface area contributed by atoms with E-state index in [-0.39, 0.29) is 24.0 Å². The number of rotatable bonds is 8. The molecule has 5 nitrogen and oxygen atoms in total. The van der Waals surface area contributed by atoms with Crippen LogP contribution in [0.2, 0.25) is 0 Å². The van der Waals surface area contributed by atoms with Gasteiger partial charge in [0.1, 0.15) is 0 Å². The van der Waals surface area contributed by atoms with Crippen LogP contribution in [0.25, 0.3) is 0 Å². The molecule has 1 fully saturated rings. The largest absolute Gasteiger partial charge is 0.416 e. The van der Waals surface area contributed by atoms with E-state index in [1.54, 1.807) is 13.2 Å². The Labute approximate surface area is 192 Å². The first-order valence-electron chi connectivity index (χ1n) is 11.3. The van der Waals surface area contributed by atoms with E-state index < -0.39 is 11.7 Å². The summed E-state index contributed by atoms with van der Waals surface area (Å²) in [6.45, 7) is 1.91. The average Bonchev–Trinajstić information content (AvgIpc) is 3.41. The lowest BCUT2D eigenvalue weighted by Crippen LogP contribution is -2.48. The molecule has 2 aromatic rings. The van der Waals surface area contributed by atoms with Crippen molar-refractivity contribution in [2.75, 3.05) is 26.8 Å². The number of carbonyl (C=O) groups excluding carboxylic acids is 1. The molecular weight excluding hydrogens is 431 g/mol. The zero-order chi connectivity index (χ0) is 23.4. The smallest absolute Gasteiger partial charge is 0.383 e. The van der Waals surface area contributed by atoms with E-state index in [0.29, 0.717) is 38.2 Å². The molecule has 4 rings (SSSR count). The number of halogens is 3. The second-order valence-electron chi connectivity index (χ2n) is 8.84. The lowest BCUT2D eigenvalue weighted by molar-refractivity contribution is -0.137. The fraction of sp³-hybridized carbons (Fsp3) is 0.480. The van der Waals surface area contributed by atoms with Crippen LogP contribution in [0, 0.1) is 0 Å². The molecule has 1 amide bonds. The van der Waals surface area contributed by atoms with Crippen LogP contribution < -0.4 is 10.6 Å². The molecule has 0 saturated carbocycles. The van der Waals surface area contributed by atoms with Gasteiger partial charge in [0.05, 0.1) is 18.2 Å². The number of alkyl halides is 3. The summed E-state index contributed by atoms with van der Waals surface area (Å²) in [6, 6.07) is 13.7. The molecule has 1 saturated heterocycles. The maximum Gasteiger partial charge on any atom is 0.416 e. The lowest BCUT2D eigenvalue weighted by Gasteiger charge is -2.29. The average molecular weight is 462 g/mol. The van der Waals surface area contributed by atoms with E-state index in [9.17, 15) is 18.0 Å². The third kappa shape index (κ3) is 5.75. The summed E-state index contributed by atoms with van der Waals surface area (Å²) >= 11 is 0. The molecule has 1 aliphatic heterocycles. The maximum absolute atomic E-state index is 13.0. The third-order valence-corrected chi connectivity index (χ3v) is 6.60. The van der Waals surface area contributed by atoms with E-state index in [4.69, 9.17) is 4.74 Å². The molecule has 1 heterocycles. The Kier molecular flexibility index (Phi) is 7.36. The predicted octanol–water partition coefficient (Wildman–Crippen LogP) is 3.17. The molecule has 178 valence electrons. The molecule has 0 bridgehead atoms. The number of amides is 1. The number of ether oxygens (including phenoxy) is 1. The van der Waals surface area contributed by atoms with Crippen molar-refractivity contribution in [2.24, 2.45) is 0 Å². The molecule has 0 aromatic heterocycles. The highest BCUT2D eigenvalue weighted by molar-refractivity contribution is 5.82. The highest BCUT2D eigenvalue weighted by atomic mass is 19.4. The third-order valence-electron chi connectivity index (χ3n) is 6.60. The summed E-state index contributed by atoms with van der Waals surface area (Å²) < 4.78 is 44.1. The molecule has 1 aliphatic carbocycles. The fourth-order valence-electron chi connectivity index (χ4n) is 4.95. The second-order valence-corrected chi connectivity index (χ2v) is 8.84. The van der Waals surface area contributed by atoms with Gasteiger partial charge in [-0.3, -0.25) is 9.69 Å². The Bertz CT molecular complexity index is 941. The van der Waals surface area contributed by atoms with Crippen LogP contribution in [0.1, 0.15) is 28.7 Å². The van der Waals surface area contributed by atoms with E-state index in [0.717, 1.165) is 18.9 Å². The lowest BCUT2D eigenvalue weighted by atomic mass is 10.1. The van der Waals surface area contributed by atoms with Crippen LogP contribution in [0.5, 0.6) is 0 Å². The standard InChI is InChI=1S/C25H30F3N3O2/c1-33-10-9-29-24(32)23-14-21(30-15-17-5-4-8-20(11-17)25(26,27)28)16-31(23)22-12-18-6-2-3-7-19(18)13-22/h2-8,11,21-23,30H,9-10,12-16H2,1H3,(H,29,32)/t21-,23+/m1/s1. The van der Waals surface area contributed by atoms with Crippen molar-refractivity contribution in [3.05, 3.63) is 70.8 Å². The Morgan fingerprint density at radius 1 is 1.12 bits per heavy atom. The van der Waals surface area contributed by atoms with Gasteiger partial charge in [0.25, 0.3) is 0 Å². The van der Waals surface area contributed by atoms with Gasteiger partial charge in [-0.1, -0.05) is 42.5 Å². The molecule has 2 atom stereocenters. The molecular formula is C25H30F3N3O2. The predicted molar refractivity (Wildman–Crippen MR) is 120 cm³/mol. The van der Waals surface area contributed by atoms with Gasteiger partial charge in [0.15, 0.2) is 0 Å². The van der Waals surface area contributed by atoms with Crippen molar-refractivity contribution in [1.82, 2.24) is 15.5 Å². The van der Waals surface area contributed by atoms with E-state index >= 15 is 0 Å². The molecule has 8 heteroatoms. The first-order valence-corrected chi connectivity index (χ1v) is 11.3. The van der Waals surface area contributed by atoms with Gasteiger partial charge in [-0.25, -0.2) is 0 Å². The zero-order valence-corrected chi connectivity index (χ0v) is 18.7. The molecule has 2 aromatic carbocycles. The van der Waals surface area contributed by atoms with Gasteiger partial charge in [-0.15, -0.1) is 0 Å². The van der Waals surface area contributed by atoms with Crippen molar-refractivity contribution in [2.45, 2.75) is 50.1 Å². The van der Waals surface area contributed by atoms with Gasteiger partial charge in [-0.2, -0.15) is 13.2 Å². The van der Waals surface area contributed by atoms with Crippen molar-refractivity contribution in [3.63, 3.8) is 0 Å². The zero-order valence-electron chi connectivity index (χ0n) is 18.7. The fourth-order valence-corrected chi connectivity index (χ4v) is 4.95. The maximum atomic E-state index is 13.0. The SMILES string of the molecule is COCCNC(=O)[C@@H]1C[C@@H](NCc2cccc(C(F)(F)F)c2)CN1C1Cc2ccccc2C1. The van der Waals surface area contributed by atoms with Gasteiger partial charge < -0.3 is 15.4 Å². The van der Waals surface area contributed by atoms with Gasteiger partial charge in [-0.05, 0) is 42.0 Å². The first-order chi connectivity index (χ1) is 15.8. The molecule has 0 radical (unpaired) electrons. The number of carbonyl (C=O) groups is 1. The number of methoxy groups -OCH3 is 1. The minimum absolute atomic E-state index is 0.0152. The summed E-state index contributed by atoms with van der Waals surface area (Å²) in [5.74, 6) is -0.0219. The number of hydrogen-bond acceptors (Lipinski definition) is 4. The second kappa shape index (κ2) is 10.2. The van der Waals surface area contributed by atoms with Crippen LogP contribution in [-0.4, -0.2) is 55.7 Å². The molecule has 2 N–H and O–H groups in total. The molecule has 2 aliphatic rings. The van der Waals surface area contributed by atoms with Crippen LogP contribution in [-0.2, 0) is 35.1 Å². The van der Waals surface area contributed by atoms with Crippen LogP contribution in [0.15, 0.2) is 48.5 Å². The van der Waals surface area contributed by atoms with Crippen molar-refractivity contribution < 1.29 is 22.7 Å². The summed E-state index contributed by atoms with van der Waals surface area (Å²) in [5.41, 5.74) is 2.58. The van der Waals surface area contributed by atoms with Crippen molar-refractivity contribution in [3.8, 4) is 0 Å². The number of fused-ring (bicyclic) bond motifs is 1. The van der Waals surface area contributed by atoms with Crippen molar-refractivity contribution in [1.29, 1.82) is 0 Å². The van der Waals surface area contributed by atoms with E-state index in [1.165, 1.54) is 23.3 Å². The van der Waals surface area contributed by atoms with Crippen LogP contribution in [0.4, 0.5) is 13.2 Å². The number of likely N-dealkylation sites (tertiary alicyclic amines) is 1. The Balaban J connectivity index is 1.43. The van der Waals surface area contributed by atoms with Gasteiger partial charge in [0.2, 0.25) is 5.91 Å². The normalized spacial score (nSPS) is 21.3. The summed E-state index contributed by atoms with van der Waals surface area (Å²) in [6.07, 6.45) is -1.94. The quantitative estimate of drug-likeness (QED) is 0.593. The Morgan fingerprint density at radius 2 is 1.85 bits per heavy atom. The van der Waals surface area contributed by atoms with Gasteiger partial charge in [0, 0.05) is 38.8 Å². The summed E-state index contributed by atoms with van der Waals surface area (Å²) in [5, 5.41) is 6.35.